The van der Waals surface area contributed by atoms with Crippen molar-refractivity contribution in [2.75, 3.05) is 13.2 Å². The van der Waals surface area contributed by atoms with E-state index >= 15 is 0 Å². The molecule has 2 rings (SSSR count). The van der Waals surface area contributed by atoms with E-state index in [2.05, 4.69) is 5.92 Å². The Morgan fingerprint density at radius 3 is 2.81 bits per heavy atom. The van der Waals surface area contributed by atoms with Gasteiger partial charge in [0.2, 0.25) is 5.79 Å². The summed E-state index contributed by atoms with van der Waals surface area (Å²) in [5.41, 5.74) is 1.74. The lowest BCUT2D eigenvalue weighted by Gasteiger charge is -2.37. The normalized spacial score (nSPS) is 36.9. The SMILES string of the molecule is C#C/C=C(/C=O)C1=C(C)COC2(C1)OC(CO)C(O)C2O. The second kappa shape index (κ2) is 6.10. The summed E-state index contributed by atoms with van der Waals surface area (Å²) in [5, 5.41) is 29.2. The van der Waals surface area contributed by atoms with Crippen molar-refractivity contribution >= 4 is 6.29 Å². The van der Waals surface area contributed by atoms with Gasteiger partial charge in [0.25, 0.3) is 0 Å². The lowest BCUT2D eigenvalue weighted by atomic mass is 9.88. The average Bonchev–Trinajstić information content (AvgIpc) is 2.72. The highest BCUT2D eigenvalue weighted by molar-refractivity contribution is 5.81. The van der Waals surface area contributed by atoms with Gasteiger partial charge in [-0.2, -0.15) is 0 Å². The minimum Gasteiger partial charge on any atom is -0.394 e. The minimum atomic E-state index is -1.47. The van der Waals surface area contributed by atoms with Crippen molar-refractivity contribution in [1.29, 1.82) is 0 Å². The van der Waals surface area contributed by atoms with E-state index in [1.54, 1.807) is 6.92 Å². The molecule has 1 saturated heterocycles. The van der Waals surface area contributed by atoms with E-state index in [0.717, 1.165) is 5.57 Å². The van der Waals surface area contributed by atoms with Crippen molar-refractivity contribution < 1.29 is 29.6 Å². The van der Waals surface area contributed by atoms with Gasteiger partial charge in [-0.3, -0.25) is 4.79 Å². The number of terminal acetylenes is 1. The monoisotopic (exact) mass is 294 g/mol. The van der Waals surface area contributed by atoms with Gasteiger partial charge in [-0.1, -0.05) is 5.92 Å². The summed E-state index contributed by atoms with van der Waals surface area (Å²) in [4.78, 5) is 11.2. The van der Waals surface area contributed by atoms with Crippen LogP contribution in [0.2, 0.25) is 0 Å². The van der Waals surface area contributed by atoms with Gasteiger partial charge in [0.15, 0.2) is 6.29 Å². The first-order valence-electron chi connectivity index (χ1n) is 6.58. The zero-order chi connectivity index (χ0) is 15.6. The molecule has 21 heavy (non-hydrogen) atoms. The smallest absolute Gasteiger partial charge is 0.202 e. The van der Waals surface area contributed by atoms with E-state index in [1.807, 2.05) is 0 Å². The number of carbonyl (C=O) groups excluding carboxylic acids is 1. The maximum absolute atomic E-state index is 11.2. The Morgan fingerprint density at radius 2 is 2.29 bits per heavy atom. The Balaban J connectivity index is 2.34. The average molecular weight is 294 g/mol. The highest BCUT2D eigenvalue weighted by Gasteiger charge is 2.56. The van der Waals surface area contributed by atoms with E-state index in [9.17, 15) is 15.0 Å². The Kier molecular flexibility index (Phi) is 4.61. The van der Waals surface area contributed by atoms with Crippen LogP contribution in [0, 0.1) is 12.3 Å². The van der Waals surface area contributed by atoms with Crippen LogP contribution in [0.25, 0.3) is 0 Å². The Morgan fingerprint density at radius 1 is 1.57 bits per heavy atom. The molecule has 0 bridgehead atoms. The lowest BCUT2D eigenvalue weighted by molar-refractivity contribution is -0.260. The van der Waals surface area contributed by atoms with Crippen molar-refractivity contribution in [3.05, 3.63) is 22.8 Å². The van der Waals surface area contributed by atoms with Crippen molar-refractivity contribution in [1.82, 2.24) is 0 Å². The molecule has 0 aliphatic carbocycles. The second-order valence-corrected chi connectivity index (χ2v) is 5.19. The molecule has 0 amide bonds. The second-order valence-electron chi connectivity index (χ2n) is 5.19. The summed E-state index contributed by atoms with van der Waals surface area (Å²) in [6.45, 7) is 1.48. The van der Waals surface area contributed by atoms with Crippen molar-refractivity contribution in [2.24, 2.45) is 0 Å². The van der Waals surface area contributed by atoms with E-state index < -0.39 is 30.7 Å². The lowest BCUT2D eigenvalue weighted by Crippen LogP contribution is -2.48. The van der Waals surface area contributed by atoms with Gasteiger partial charge in [0, 0.05) is 12.0 Å². The molecular formula is C15H18O6. The van der Waals surface area contributed by atoms with Crippen LogP contribution in [-0.2, 0) is 14.3 Å². The molecule has 3 N–H and O–H groups in total. The first-order valence-corrected chi connectivity index (χ1v) is 6.58. The molecule has 2 aliphatic rings. The van der Waals surface area contributed by atoms with Crippen LogP contribution < -0.4 is 0 Å². The fourth-order valence-corrected chi connectivity index (χ4v) is 2.67. The van der Waals surface area contributed by atoms with Gasteiger partial charge in [-0.25, -0.2) is 0 Å². The van der Waals surface area contributed by atoms with Crippen molar-refractivity contribution in [3.63, 3.8) is 0 Å². The minimum absolute atomic E-state index is 0.0693. The maximum Gasteiger partial charge on any atom is 0.202 e. The number of allylic oxidation sites excluding steroid dienone is 2. The molecule has 0 aromatic heterocycles. The molecule has 0 saturated carbocycles. The topological polar surface area (TPSA) is 96.2 Å². The maximum atomic E-state index is 11.2. The number of hydrogen-bond acceptors (Lipinski definition) is 6. The number of ether oxygens (including phenoxy) is 2. The van der Waals surface area contributed by atoms with Crippen LogP contribution in [0.15, 0.2) is 22.8 Å². The molecule has 4 atom stereocenters. The summed E-state index contributed by atoms with van der Waals surface area (Å²) < 4.78 is 11.1. The van der Waals surface area contributed by atoms with Crippen LogP contribution in [0.5, 0.6) is 0 Å². The van der Waals surface area contributed by atoms with E-state index in [1.165, 1.54) is 6.08 Å². The Bertz CT molecular complexity index is 529. The predicted octanol–water partition coefficient (Wildman–Crippen LogP) is -0.709. The number of hydrogen-bond donors (Lipinski definition) is 3. The van der Waals surface area contributed by atoms with Gasteiger partial charge in [0.05, 0.1) is 13.2 Å². The van der Waals surface area contributed by atoms with Gasteiger partial charge >= 0.3 is 0 Å². The molecule has 0 aromatic carbocycles. The number of rotatable bonds is 3. The van der Waals surface area contributed by atoms with Crippen LogP contribution in [0.1, 0.15) is 13.3 Å². The fraction of sp³-hybridized carbons (Fsp3) is 0.533. The molecule has 0 radical (unpaired) electrons. The molecule has 4 unspecified atom stereocenters. The standard InChI is InChI=1S/C15H18O6/c1-3-4-10(6-16)11-5-15(20-8-9(11)2)14(19)13(18)12(7-17)21-15/h1,4,6,12-14,17-19H,5,7-8H2,2H3/b10-4-. The zero-order valence-corrected chi connectivity index (χ0v) is 11.7. The van der Waals surface area contributed by atoms with Crippen LogP contribution in [0.3, 0.4) is 0 Å². The number of aliphatic hydroxyl groups excluding tert-OH is 3. The number of aldehydes is 1. The van der Waals surface area contributed by atoms with Crippen molar-refractivity contribution in [2.45, 2.75) is 37.4 Å². The molecule has 6 heteroatoms. The van der Waals surface area contributed by atoms with Crippen molar-refractivity contribution in [3.8, 4) is 12.3 Å². The molecule has 2 aliphatic heterocycles. The highest BCUT2D eigenvalue weighted by atomic mass is 16.7. The predicted molar refractivity (Wildman–Crippen MR) is 73.0 cm³/mol. The van der Waals surface area contributed by atoms with E-state index in [-0.39, 0.29) is 13.0 Å². The third-order valence-corrected chi connectivity index (χ3v) is 3.87. The van der Waals surface area contributed by atoms with Gasteiger partial charge in [0.1, 0.15) is 18.3 Å². The summed E-state index contributed by atoms with van der Waals surface area (Å²) in [7, 11) is 0. The molecular weight excluding hydrogens is 276 g/mol. The fourth-order valence-electron chi connectivity index (χ4n) is 2.67. The Labute approximate surface area is 122 Å². The molecule has 6 nitrogen and oxygen atoms in total. The molecule has 2 heterocycles. The third kappa shape index (κ3) is 2.67. The van der Waals surface area contributed by atoms with Crippen LogP contribution >= 0.6 is 0 Å². The molecule has 1 spiro atoms. The number of carbonyl (C=O) groups is 1. The first-order chi connectivity index (χ1) is 9.99. The molecule has 1 fully saturated rings. The van der Waals surface area contributed by atoms with Gasteiger partial charge in [-0.05, 0) is 24.1 Å². The van der Waals surface area contributed by atoms with E-state index in [4.69, 9.17) is 21.0 Å². The Hall–Kier alpha value is -1.49. The van der Waals surface area contributed by atoms with Gasteiger partial charge < -0.3 is 24.8 Å². The van der Waals surface area contributed by atoms with Crippen LogP contribution in [0.4, 0.5) is 0 Å². The summed E-state index contributed by atoms with van der Waals surface area (Å²) in [6, 6.07) is 0. The summed E-state index contributed by atoms with van der Waals surface area (Å²) in [6.07, 6.45) is 3.73. The summed E-state index contributed by atoms with van der Waals surface area (Å²) in [5.74, 6) is 0.821. The molecule has 114 valence electrons. The number of aliphatic hydroxyl groups is 3. The first kappa shape index (κ1) is 15.9. The molecule has 0 aromatic rings. The quantitative estimate of drug-likeness (QED) is 0.361. The van der Waals surface area contributed by atoms with Gasteiger partial charge in [-0.15, -0.1) is 6.42 Å². The largest absolute Gasteiger partial charge is 0.394 e. The third-order valence-electron chi connectivity index (χ3n) is 3.87. The van der Waals surface area contributed by atoms with E-state index in [0.29, 0.717) is 17.4 Å². The van der Waals surface area contributed by atoms with Crippen LogP contribution in [-0.4, -0.2) is 58.9 Å². The summed E-state index contributed by atoms with van der Waals surface area (Å²) >= 11 is 0. The highest BCUT2D eigenvalue weighted by Crippen LogP contribution is 2.42. The zero-order valence-electron chi connectivity index (χ0n) is 11.7.